The van der Waals surface area contributed by atoms with E-state index in [0.29, 0.717) is 0 Å². The van der Waals surface area contributed by atoms with Gasteiger partial charge in [0.25, 0.3) is 0 Å². The molecule has 1 heterocycles. The standard InChI is InChI=1S/C33H37F3N2/c1-8-32(6,7)29-12-10-9-11-26(29)31-37-17-18-38(31)30-27(21(2)3)19-24(20-28(30)22(4)5)23-13-15-25(16-14-23)33(34,35)36/h9-22H,8H2,1-7H3. The van der Waals surface area contributed by atoms with Crippen LogP contribution in [0, 0.1) is 0 Å². The maximum Gasteiger partial charge on any atom is 0.416 e. The highest BCUT2D eigenvalue weighted by Gasteiger charge is 2.30. The van der Waals surface area contributed by atoms with E-state index < -0.39 is 11.7 Å². The molecule has 0 N–H and O–H groups in total. The minimum atomic E-state index is -4.35. The Morgan fingerprint density at radius 2 is 1.39 bits per heavy atom. The van der Waals surface area contributed by atoms with Gasteiger partial charge in [-0.3, -0.25) is 4.57 Å². The van der Waals surface area contributed by atoms with Gasteiger partial charge in [0.2, 0.25) is 0 Å². The van der Waals surface area contributed by atoms with E-state index in [9.17, 15) is 13.2 Å². The zero-order valence-electron chi connectivity index (χ0n) is 23.3. The van der Waals surface area contributed by atoms with E-state index in [1.54, 1.807) is 12.1 Å². The van der Waals surface area contributed by atoms with Crippen molar-refractivity contribution in [2.75, 3.05) is 0 Å². The topological polar surface area (TPSA) is 17.8 Å². The molecule has 0 radical (unpaired) electrons. The lowest BCUT2D eigenvalue weighted by Crippen LogP contribution is -2.17. The van der Waals surface area contributed by atoms with Crippen molar-refractivity contribution in [3.05, 3.63) is 95.3 Å². The minimum Gasteiger partial charge on any atom is -0.299 e. The number of imidazole rings is 1. The van der Waals surface area contributed by atoms with Crippen molar-refractivity contribution in [2.24, 2.45) is 0 Å². The van der Waals surface area contributed by atoms with Crippen LogP contribution in [0.1, 0.15) is 89.0 Å². The summed E-state index contributed by atoms with van der Waals surface area (Å²) in [6.45, 7) is 15.4. The van der Waals surface area contributed by atoms with Gasteiger partial charge in [-0.25, -0.2) is 4.98 Å². The monoisotopic (exact) mass is 518 g/mol. The first kappa shape index (κ1) is 27.7. The molecule has 2 nitrogen and oxygen atoms in total. The number of hydrogen-bond acceptors (Lipinski definition) is 1. The predicted molar refractivity (Wildman–Crippen MR) is 151 cm³/mol. The van der Waals surface area contributed by atoms with Crippen LogP contribution in [-0.4, -0.2) is 9.55 Å². The molecule has 0 fully saturated rings. The molecule has 0 bridgehead atoms. The van der Waals surface area contributed by atoms with Crippen LogP contribution in [0.2, 0.25) is 0 Å². The summed E-state index contributed by atoms with van der Waals surface area (Å²) in [5.74, 6) is 1.28. The predicted octanol–water partition coefficient (Wildman–Crippen LogP) is 10.2. The number of rotatable bonds is 7. The summed E-state index contributed by atoms with van der Waals surface area (Å²) in [5, 5.41) is 0. The van der Waals surface area contributed by atoms with Gasteiger partial charge in [0.15, 0.2) is 0 Å². The summed E-state index contributed by atoms with van der Waals surface area (Å²) in [6.07, 6.45) is 0.523. The SMILES string of the molecule is CCC(C)(C)c1ccccc1-c1nccn1-c1c(C(C)C)cc(-c2ccc(C(F)(F)F)cc2)cc1C(C)C. The summed E-state index contributed by atoms with van der Waals surface area (Å²) in [6, 6.07) is 18.2. The smallest absolute Gasteiger partial charge is 0.299 e. The molecule has 3 aromatic carbocycles. The van der Waals surface area contributed by atoms with Crippen molar-refractivity contribution >= 4 is 0 Å². The van der Waals surface area contributed by atoms with Gasteiger partial charge in [-0.2, -0.15) is 13.2 Å². The fraction of sp³-hybridized carbons (Fsp3) is 0.364. The average Bonchev–Trinajstić information content (AvgIpc) is 3.37. The third-order valence-corrected chi connectivity index (χ3v) is 7.62. The molecule has 0 amide bonds. The molecule has 0 saturated carbocycles. The van der Waals surface area contributed by atoms with Gasteiger partial charge in [0, 0.05) is 18.0 Å². The van der Waals surface area contributed by atoms with Crippen LogP contribution < -0.4 is 0 Å². The summed E-state index contributed by atoms with van der Waals surface area (Å²) in [4.78, 5) is 4.84. The van der Waals surface area contributed by atoms with Gasteiger partial charge in [0.1, 0.15) is 5.82 Å². The van der Waals surface area contributed by atoms with Crippen LogP contribution in [0.5, 0.6) is 0 Å². The maximum absolute atomic E-state index is 13.2. The molecule has 0 saturated heterocycles. The molecular formula is C33H37F3N2. The molecule has 0 aliphatic carbocycles. The molecule has 5 heteroatoms. The lowest BCUT2D eigenvalue weighted by molar-refractivity contribution is -0.137. The Labute approximate surface area is 224 Å². The van der Waals surface area contributed by atoms with Crippen molar-refractivity contribution in [2.45, 2.75) is 78.3 Å². The van der Waals surface area contributed by atoms with E-state index in [1.807, 2.05) is 12.4 Å². The largest absolute Gasteiger partial charge is 0.416 e. The first-order chi connectivity index (χ1) is 17.8. The van der Waals surface area contributed by atoms with E-state index in [-0.39, 0.29) is 17.3 Å². The number of halogens is 3. The Hall–Kier alpha value is -3.34. The Balaban J connectivity index is 1.94. The van der Waals surface area contributed by atoms with Gasteiger partial charge in [-0.05, 0) is 75.8 Å². The van der Waals surface area contributed by atoms with Gasteiger partial charge >= 0.3 is 6.18 Å². The lowest BCUT2D eigenvalue weighted by Gasteiger charge is -2.28. The maximum atomic E-state index is 13.2. The van der Waals surface area contributed by atoms with Gasteiger partial charge < -0.3 is 0 Å². The lowest BCUT2D eigenvalue weighted by atomic mass is 9.79. The number of benzene rings is 3. The van der Waals surface area contributed by atoms with Gasteiger partial charge in [-0.15, -0.1) is 0 Å². The Bertz CT molecular complexity index is 1380. The van der Waals surface area contributed by atoms with E-state index in [1.165, 1.54) is 5.56 Å². The normalized spacial score (nSPS) is 12.5. The van der Waals surface area contributed by atoms with Crippen molar-refractivity contribution in [3.63, 3.8) is 0 Å². The molecule has 0 spiro atoms. The Morgan fingerprint density at radius 3 is 1.92 bits per heavy atom. The second-order valence-corrected chi connectivity index (χ2v) is 11.3. The highest BCUT2D eigenvalue weighted by molar-refractivity contribution is 5.72. The number of alkyl halides is 3. The van der Waals surface area contributed by atoms with Crippen molar-refractivity contribution in [1.82, 2.24) is 9.55 Å². The number of hydrogen-bond donors (Lipinski definition) is 0. The van der Waals surface area contributed by atoms with Crippen molar-refractivity contribution in [3.8, 4) is 28.2 Å². The van der Waals surface area contributed by atoms with Crippen LogP contribution in [0.25, 0.3) is 28.2 Å². The zero-order chi connectivity index (χ0) is 27.8. The quantitative estimate of drug-likeness (QED) is 0.238. The molecule has 1 aromatic heterocycles. The average molecular weight is 519 g/mol. The van der Waals surface area contributed by atoms with Crippen LogP contribution in [-0.2, 0) is 11.6 Å². The summed E-state index contributed by atoms with van der Waals surface area (Å²) in [7, 11) is 0. The van der Waals surface area contributed by atoms with Crippen LogP contribution in [0.15, 0.2) is 73.1 Å². The van der Waals surface area contributed by atoms with E-state index in [0.717, 1.165) is 57.9 Å². The van der Waals surface area contributed by atoms with E-state index >= 15 is 0 Å². The minimum absolute atomic E-state index is 0.0123. The molecule has 0 aliphatic heterocycles. The van der Waals surface area contributed by atoms with Crippen molar-refractivity contribution in [1.29, 1.82) is 0 Å². The van der Waals surface area contributed by atoms with Gasteiger partial charge in [-0.1, -0.05) is 84.9 Å². The molecule has 4 rings (SSSR count). The van der Waals surface area contributed by atoms with E-state index in [4.69, 9.17) is 4.98 Å². The molecule has 38 heavy (non-hydrogen) atoms. The molecule has 0 unspecified atom stereocenters. The summed E-state index contributed by atoms with van der Waals surface area (Å²) >= 11 is 0. The fourth-order valence-corrected chi connectivity index (χ4v) is 5.00. The zero-order valence-corrected chi connectivity index (χ0v) is 23.3. The molecular weight excluding hydrogens is 481 g/mol. The van der Waals surface area contributed by atoms with Gasteiger partial charge in [0.05, 0.1) is 11.3 Å². The summed E-state index contributed by atoms with van der Waals surface area (Å²) < 4.78 is 41.7. The van der Waals surface area contributed by atoms with Crippen molar-refractivity contribution < 1.29 is 13.2 Å². The van der Waals surface area contributed by atoms with Crippen LogP contribution >= 0.6 is 0 Å². The van der Waals surface area contributed by atoms with Crippen LogP contribution in [0.3, 0.4) is 0 Å². The number of aromatic nitrogens is 2. The highest BCUT2D eigenvalue weighted by Crippen LogP contribution is 2.40. The Morgan fingerprint density at radius 1 is 0.816 bits per heavy atom. The molecule has 200 valence electrons. The summed E-state index contributed by atoms with van der Waals surface area (Å²) in [5.41, 5.74) is 6.79. The first-order valence-corrected chi connectivity index (χ1v) is 13.3. The fourth-order valence-electron chi connectivity index (χ4n) is 5.00. The third kappa shape index (κ3) is 5.29. The molecule has 4 aromatic rings. The third-order valence-electron chi connectivity index (χ3n) is 7.62. The number of nitrogens with zero attached hydrogens (tertiary/aromatic N) is 2. The Kier molecular flexibility index (Phi) is 7.60. The van der Waals surface area contributed by atoms with Crippen LogP contribution in [0.4, 0.5) is 13.2 Å². The second kappa shape index (κ2) is 10.4. The first-order valence-electron chi connectivity index (χ1n) is 13.3. The molecule has 0 atom stereocenters. The highest BCUT2D eigenvalue weighted by atomic mass is 19.4. The molecule has 0 aliphatic rings. The second-order valence-electron chi connectivity index (χ2n) is 11.3. The van der Waals surface area contributed by atoms with E-state index in [2.05, 4.69) is 89.4 Å².